The Morgan fingerprint density at radius 1 is 1.29 bits per heavy atom. The van der Waals surface area contributed by atoms with Crippen LogP contribution in [0.2, 0.25) is 0 Å². The summed E-state index contributed by atoms with van der Waals surface area (Å²) in [6.45, 7) is 7.28. The summed E-state index contributed by atoms with van der Waals surface area (Å²) < 4.78 is 2.18. The van der Waals surface area contributed by atoms with Gasteiger partial charge in [-0.2, -0.15) is 0 Å². The molecule has 0 aliphatic heterocycles. The third-order valence-electron chi connectivity index (χ3n) is 2.96. The van der Waals surface area contributed by atoms with E-state index in [1.54, 1.807) is 0 Å². The molecule has 17 heavy (non-hydrogen) atoms. The Morgan fingerprint density at radius 2 is 2.00 bits per heavy atom. The zero-order valence-electron chi connectivity index (χ0n) is 11.1. The highest BCUT2D eigenvalue weighted by atomic mass is 15.1. The fraction of sp³-hybridized carbons (Fsp3) is 0.500. The molecule has 0 saturated carbocycles. The van der Waals surface area contributed by atoms with E-state index in [1.165, 1.54) is 5.52 Å². The first-order valence-corrected chi connectivity index (χ1v) is 6.05. The average molecular weight is 231 g/mol. The van der Waals surface area contributed by atoms with Gasteiger partial charge in [0, 0.05) is 20.0 Å². The molecule has 0 unspecified atom stereocenters. The molecule has 0 aliphatic rings. The van der Waals surface area contributed by atoms with Gasteiger partial charge < -0.3 is 10.3 Å². The zero-order chi connectivity index (χ0) is 12.6. The van der Waals surface area contributed by atoms with Crippen molar-refractivity contribution in [2.45, 2.75) is 33.7 Å². The maximum atomic E-state index is 5.67. The Labute approximate surface area is 103 Å². The third kappa shape index (κ3) is 2.50. The van der Waals surface area contributed by atoms with Crippen LogP contribution in [0.5, 0.6) is 0 Å². The normalized spacial score (nSPS) is 12.3. The smallest absolute Gasteiger partial charge is 0.110 e. The molecular weight excluding hydrogens is 210 g/mol. The van der Waals surface area contributed by atoms with Gasteiger partial charge in [0.2, 0.25) is 0 Å². The number of hydrogen-bond donors (Lipinski definition) is 1. The molecule has 0 radical (unpaired) electrons. The van der Waals surface area contributed by atoms with Gasteiger partial charge in [-0.05, 0) is 23.1 Å². The van der Waals surface area contributed by atoms with Gasteiger partial charge in [-0.1, -0.05) is 26.8 Å². The molecule has 92 valence electrons. The van der Waals surface area contributed by atoms with E-state index in [2.05, 4.69) is 50.6 Å². The quantitative estimate of drug-likeness (QED) is 0.863. The van der Waals surface area contributed by atoms with E-state index in [0.29, 0.717) is 6.54 Å². The number of nitrogens with two attached hydrogens (primary N) is 1. The largest absolute Gasteiger partial charge is 0.331 e. The second-order valence-corrected chi connectivity index (χ2v) is 5.85. The van der Waals surface area contributed by atoms with Gasteiger partial charge in [-0.25, -0.2) is 4.98 Å². The van der Waals surface area contributed by atoms with Crippen LogP contribution in [0.25, 0.3) is 11.0 Å². The van der Waals surface area contributed by atoms with E-state index in [9.17, 15) is 0 Å². The second-order valence-electron chi connectivity index (χ2n) is 5.85. The van der Waals surface area contributed by atoms with Gasteiger partial charge in [-0.15, -0.1) is 0 Å². The van der Waals surface area contributed by atoms with E-state index in [-0.39, 0.29) is 5.41 Å². The Hall–Kier alpha value is -1.35. The van der Waals surface area contributed by atoms with Crippen molar-refractivity contribution >= 4 is 11.0 Å². The van der Waals surface area contributed by atoms with Crippen molar-refractivity contribution in [3.8, 4) is 0 Å². The summed E-state index contributed by atoms with van der Waals surface area (Å²) in [6, 6.07) is 6.24. The number of benzene rings is 1. The van der Waals surface area contributed by atoms with Crippen LogP contribution in [0.3, 0.4) is 0 Å². The topological polar surface area (TPSA) is 43.8 Å². The first-order valence-electron chi connectivity index (χ1n) is 6.05. The predicted octanol–water partition coefficient (Wildman–Crippen LogP) is 2.62. The summed E-state index contributed by atoms with van der Waals surface area (Å²) in [7, 11) is 2.08. The molecule has 0 saturated heterocycles. The summed E-state index contributed by atoms with van der Waals surface area (Å²) in [5.41, 5.74) is 9.31. The van der Waals surface area contributed by atoms with Gasteiger partial charge in [0.25, 0.3) is 0 Å². The van der Waals surface area contributed by atoms with Crippen molar-refractivity contribution in [2.75, 3.05) is 0 Å². The molecule has 0 aliphatic carbocycles. The van der Waals surface area contributed by atoms with Crippen LogP contribution in [0, 0.1) is 5.41 Å². The maximum absolute atomic E-state index is 5.67. The molecule has 2 N–H and O–H groups in total. The molecule has 3 heteroatoms. The van der Waals surface area contributed by atoms with Crippen LogP contribution in [0.1, 0.15) is 32.2 Å². The van der Waals surface area contributed by atoms with Crippen LogP contribution in [0.15, 0.2) is 18.2 Å². The van der Waals surface area contributed by atoms with Crippen molar-refractivity contribution in [3.05, 3.63) is 29.6 Å². The van der Waals surface area contributed by atoms with Gasteiger partial charge in [-0.3, -0.25) is 0 Å². The lowest BCUT2D eigenvalue weighted by molar-refractivity contribution is 0.396. The number of imidazole rings is 1. The van der Waals surface area contributed by atoms with E-state index in [1.807, 2.05) is 0 Å². The fourth-order valence-electron chi connectivity index (χ4n) is 2.04. The van der Waals surface area contributed by atoms with Crippen molar-refractivity contribution in [1.82, 2.24) is 9.55 Å². The molecule has 2 rings (SSSR count). The molecule has 2 aromatic rings. The summed E-state index contributed by atoms with van der Waals surface area (Å²) in [5.74, 6) is 1.14. The molecule has 0 fully saturated rings. The SMILES string of the molecule is Cn1c(CC(C)(C)C)nc2ccc(CN)cc21. The second kappa shape index (κ2) is 4.15. The molecule has 0 bridgehead atoms. The van der Waals surface area contributed by atoms with Crippen LogP contribution in [-0.2, 0) is 20.0 Å². The molecule has 0 atom stereocenters. The lowest BCUT2D eigenvalue weighted by atomic mass is 9.92. The Morgan fingerprint density at radius 3 is 2.59 bits per heavy atom. The number of nitrogens with zero attached hydrogens (tertiary/aromatic N) is 2. The van der Waals surface area contributed by atoms with Crippen LogP contribution < -0.4 is 5.73 Å². The van der Waals surface area contributed by atoms with Gasteiger partial charge in [0.05, 0.1) is 11.0 Å². The highest BCUT2D eigenvalue weighted by Gasteiger charge is 2.16. The molecule has 1 heterocycles. The molecular formula is C14H21N3. The Balaban J connectivity index is 2.49. The molecule has 0 spiro atoms. The van der Waals surface area contributed by atoms with Crippen molar-refractivity contribution in [1.29, 1.82) is 0 Å². The highest BCUT2D eigenvalue weighted by molar-refractivity contribution is 5.76. The van der Waals surface area contributed by atoms with E-state index in [0.717, 1.165) is 23.3 Å². The monoisotopic (exact) mass is 231 g/mol. The molecule has 1 aromatic carbocycles. The number of aromatic nitrogens is 2. The van der Waals surface area contributed by atoms with Crippen molar-refractivity contribution < 1.29 is 0 Å². The molecule has 1 aromatic heterocycles. The minimum absolute atomic E-state index is 0.256. The zero-order valence-corrected chi connectivity index (χ0v) is 11.1. The standard InChI is InChI=1S/C14H21N3/c1-14(2,3)8-13-16-11-6-5-10(9-15)7-12(11)17(13)4/h5-7H,8-9,15H2,1-4H3. The minimum Gasteiger partial charge on any atom is -0.331 e. The number of rotatable bonds is 2. The minimum atomic E-state index is 0.256. The summed E-state index contributed by atoms with van der Waals surface area (Å²) in [6.07, 6.45) is 0.982. The van der Waals surface area contributed by atoms with E-state index >= 15 is 0 Å². The maximum Gasteiger partial charge on any atom is 0.110 e. The summed E-state index contributed by atoms with van der Waals surface area (Å²) >= 11 is 0. The molecule has 0 amide bonds. The fourth-order valence-corrected chi connectivity index (χ4v) is 2.04. The van der Waals surface area contributed by atoms with Crippen LogP contribution in [0.4, 0.5) is 0 Å². The number of fused-ring (bicyclic) bond motifs is 1. The lowest BCUT2D eigenvalue weighted by Gasteiger charge is -2.17. The Kier molecular flexibility index (Phi) is 2.96. The van der Waals surface area contributed by atoms with Gasteiger partial charge >= 0.3 is 0 Å². The summed E-state index contributed by atoms with van der Waals surface area (Å²) in [4.78, 5) is 4.70. The Bertz CT molecular complexity index is 532. The highest BCUT2D eigenvalue weighted by Crippen LogP contribution is 2.23. The average Bonchev–Trinajstić information content (AvgIpc) is 2.53. The van der Waals surface area contributed by atoms with E-state index < -0.39 is 0 Å². The number of hydrogen-bond acceptors (Lipinski definition) is 2. The first-order chi connectivity index (χ1) is 7.90. The van der Waals surface area contributed by atoms with Crippen LogP contribution >= 0.6 is 0 Å². The van der Waals surface area contributed by atoms with E-state index in [4.69, 9.17) is 10.7 Å². The molecule has 3 nitrogen and oxygen atoms in total. The number of aryl methyl sites for hydroxylation is 1. The van der Waals surface area contributed by atoms with Crippen LogP contribution in [-0.4, -0.2) is 9.55 Å². The summed E-state index contributed by atoms with van der Waals surface area (Å²) in [5, 5.41) is 0. The van der Waals surface area contributed by atoms with Crippen molar-refractivity contribution in [2.24, 2.45) is 18.2 Å². The third-order valence-corrected chi connectivity index (χ3v) is 2.96. The van der Waals surface area contributed by atoms with Gasteiger partial charge in [0.1, 0.15) is 5.82 Å². The van der Waals surface area contributed by atoms with Crippen molar-refractivity contribution in [3.63, 3.8) is 0 Å². The lowest BCUT2D eigenvalue weighted by Crippen LogP contribution is -2.13. The first kappa shape index (κ1) is 12.1. The van der Waals surface area contributed by atoms with Gasteiger partial charge in [0.15, 0.2) is 0 Å². The predicted molar refractivity (Wildman–Crippen MR) is 71.8 cm³/mol.